The lowest BCUT2D eigenvalue weighted by Crippen LogP contribution is -2.51. The van der Waals surface area contributed by atoms with Crippen molar-refractivity contribution in [2.75, 3.05) is 13.1 Å². The van der Waals surface area contributed by atoms with Crippen LogP contribution in [0.4, 0.5) is 0 Å². The minimum Gasteiger partial charge on any atom is -0.456 e. The summed E-state index contributed by atoms with van der Waals surface area (Å²) in [7, 11) is 0. The van der Waals surface area contributed by atoms with E-state index in [0.717, 1.165) is 41.9 Å². The van der Waals surface area contributed by atoms with Crippen LogP contribution < -0.4 is 0 Å². The standard InChI is InChI=1S/C19H22N2O2/c1-13(22)23-19(18-12-14-7-10-21(18)11-8-14)16-6-9-20-17-5-3-2-4-15(16)17/h2-6,9,14,18-19H,7-8,10-12H2,1H3. The largest absolute Gasteiger partial charge is 0.456 e. The van der Waals surface area contributed by atoms with Gasteiger partial charge in [0.1, 0.15) is 6.10 Å². The average Bonchev–Trinajstić information content (AvgIpc) is 2.60. The van der Waals surface area contributed by atoms with Crippen LogP contribution in [0.15, 0.2) is 36.5 Å². The number of benzene rings is 1. The van der Waals surface area contributed by atoms with Gasteiger partial charge in [-0.05, 0) is 50.4 Å². The molecule has 0 amide bonds. The van der Waals surface area contributed by atoms with Gasteiger partial charge in [0, 0.05) is 24.1 Å². The molecule has 2 atom stereocenters. The lowest BCUT2D eigenvalue weighted by atomic mass is 9.79. The number of carbonyl (C=O) groups excluding carboxylic acids is 1. The summed E-state index contributed by atoms with van der Waals surface area (Å²) in [5, 5.41) is 1.09. The Morgan fingerprint density at radius 2 is 2.04 bits per heavy atom. The quantitative estimate of drug-likeness (QED) is 0.816. The molecule has 0 saturated carbocycles. The number of aromatic nitrogens is 1. The fourth-order valence-electron chi connectivity index (χ4n) is 4.22. The number of ether oxygens (including phenoxy) is 1. The van der Waals surface area contributed by atoms with E-state index in [1.165, 1.54) is 19.8 Å². The number of fused-ring (bicyclic) bond motifs is 4. The average molecular weight is 310 g/mol. The van der Waals surface area contributed by atoms with E-state index in [0.29, 0.717) is 0 Å². The van der Waals surface area contributed by atoms with Gasteiger partial charge in [0.05, 0.1) is 11.6 Å². The van der Waals surface area contributed by atoms with Gasteiger partial charge in [-0.2, -0.15) is 0 Å². The summed E-state index contributed by atoms with van der Waals surface area (Å²) < 4.78 is 5.83. The number of pyridine rings is 1. The van der Waals surface area contributed by atoms with Gasteiger partial charge in [-0.3, -0.25) is 14.7 Å². The van der Waals surface area contributed by atoms with Crippen molar-refractivity contribution >= 4 is 16.9 Å². The first-order valence-electron chi connectivity index (χ1n) is 8.47. The van der Waals surface area contributed by atoms with Crippen LogP contribution in [0.1, 0.15) is 37.9 Å². The van der Waals surface area contributed by atoms with E-state index in [1.54, 1.807) is 0 Å². The van der Waals surface area contributed by atoms with Gasteiger partial charge in [0.2, 0.25) is 0 Å². The second-order valence-electron chi connectivity index (χ2n) is 6.73. The molecule has 5 rings (SSSR count). The summed E-state index contributed by atoms with van der Waals surface area (Å²) in [5.41, 5.74) is 2.04. The van der Waals surface area contributed by atoms with Crippen LogP contribution >= 0.6 is 0 Å². The lowest BCUT2D eigenvalue weighted by molar-refractivity contribution is -0.153. The fraction of sp³-hybridized carbons (Fsp3) is 0.474. The third kappa shape index (κ3) is 2.72. The van der Waals surface area contributed by atoms with Crippen molar-refractivity contribution in [3.63, 3.8) is 0 Å². The number of rotatable bonds is 3. The van der Waals surface area contributed by atoms with Crippen LogP contribution in [0, 0.1) is 5.92 Å². The van der Waals surface area contributed by atoms with Crippen molar-refractivity contribution in [1.82, 2.24) is 9.88 Å². The van der Waals surface area contributed by atoms with Gasteiger partial charge in [-0.25, -0.2) is 0 Å². The first-order chi connectivity index (χ1) is 11.2. The zero-order valence-electron chi connectivity index (χ0n) is 13.4. The number of piperidine rings is 3. The molecule has 0 aliphatic carbocycles. The number of hydrogen-bond donors (Lipinski definition) is 0. The van der Waals surface area contributed by atoms with Gasteiger partial charge in [-0.1, -0.05) is 18.2 Å². The summed E-state index contributed by atoms with van der Waals surface area (Å²) in [6.45, 7) is 3.75. The van der Waals surface area contributed by atoms with Gasteiger partial charge in [-0.15, -0.1) is 0 Å². The molecule has 3 fully saturated rings. The van der Waals surface area contributed by atoms with Crippen molar-refractivity contribution in [2.45, 2.75) is 38.3 Å². The summed E-state index contributed by atoms with van der Waals surface area (Å²) in [6, 6.07) is 10.4. The van der Waals surface area contributed by atoms with Crippen LogP contribution in [0.2, 0.25) is 0 Å². The van der Waals surface area contributed by atoms with Crippen molar-refractivity contribution in [3.8, 4) is 0 Å². The Morgan fingerprint density at radius 3 is 2.74 bits per heavy atom. The van der Waals surface area contributed by atoms with Gasteiger partial charge in [0.15, 0.2) is 0 Å². The lowest BCUT2D eigenvalue weighted by Gasteiger charge is -2.48. The normalized spacial score (nSPS) is 27.8. The molecule has 2 unspecified atom stereocenters. The molecule has 0 spiro atoms. The van der Waals surface area contributed by atoms with Crippen molar-refractivity contribution in [3.05, 3.63) is 42.1 Å². The Hall–Kier alpha value is -1.94. The molecule has 0 N–H and O–H groups in total. The molecule has 3 aliphatic rings. The first kappa shape index (κ1) is 14.6. The molecular formula is C19H22N2O2. The molecule has 3 saturated heterocycles. The predicted octanol–water partition coefficient (Wildman–Crippen LogP) is 3.32. The van der Waals surface area contributed by atoms with E-state index < -0.39 is 0 Å². The van der Waals surface area contributed by atoms with E-state index in [2.05, 4.69) is 16.0 Å². The smallest absolute Gasteiger partial charge is 0.303 e. The highest BCUT2D eigenvalue weighted by Gasteiger charge is 2.40. The number of nitrogens with zero attached hydrogens (tertiary/aromatic N) is 2. The molecule has 120 valence electrons. The molecule has 3 aliphatic heterocycles. The number of esters is 1. The Labute approximate surface area is 136 Å². The van der Waals surface area contributed by atoms with Crippen molar-refractivity contribution in [1.29, 1.82) is 0 Å². The van der Waals surface area contributed by atoms with Gasteiger partial charge >= 0.3 is 5.97 Å². The molecule has 4 nitrogen and oxygen atoms in total. The molecule has 2 aromatic rings. The Morgan fingerprint density at radius 1 is 1.26 bits per heavy atom. The van der Waals surface area contributed by atoms with Gasteiger partial charge in [0.25, 0.3) is 0 Å². The van der Waals surface area contributed by atoms with Crippen molar-refractivity contribution in [2.24, 2.45) is 5.92 Å². The molecule has 4 heteroatoms. The molecule has 23 heavy (non-hydrogen) atoms. The van der Waals surface area contributed by atoms with Crippen LogP contribution in [0.25, 0.3) is 10.9 Å². The monoisotopic (exact) mass is 310 g/mol. The minimum atomic E-state index is -0.210. The van der Waals surface area contributed by atoms with E-state index in [4.69, 9.17) is 4.74 Å². The highest BCUT2D eigenvalue weighted by atomic mass is 16.5. The SMILES string of the molecule is CC(=O)OC(c1ccnc2ccccc12)C1CC2CCN1CC2. The zero-order valence-corrected chi connectivity index (χ0v) is 13.4. The summed E-state index contributed by atoms with van der Waals surface area (Å²) in [6.07, 6.45) is 5.29. The summed E-state index contributed by atoms with van der Waals surface area (Å²) in [5.74, 6) is 0.565. The maximum Gasteiger partial charge on any atom is 0.303 e. The highest BCUT2D eigenvalue weighted by Crippen LogP contribution is 2.40. The topological polar surface area (TPSA) is 42.4 Å². The number of para-hydroxylation sites is 1. The minimum absolute atomic E-state index is 0.205. The Kier molecular flexibility index (Phi) is 3.77. The van der Waals surface area contributed by atoms with Crippen LogP contribution in [-0.4, -0.2) is 35.0 Å². The number of carbonyl (C=O) groups is 1. The third-order valence-corrected chi connectivity index (χ3v) is 5.32. The Bertz CT molecular complexity index is 717. The third-order valence-electron chi connectivity index (χ3n) is 5.32. The van der Waals surface area contributed by atoms with Crippen LogP contribution in [-0.2, 0) is 9.53 Å². The van der Waals surface area contributed by atoms with E-state index in [9.17, 15) is 4.79 Å². The molecule has 4 heterocycles. The van der Waals surface area contributed by atoms with E-state index >= 15 is 0 Å². The maximum absolute atomic E-state index is 11.8. The Balaban J connectivity index is 1.77. The second-order valence-corrected chi connectivity index (χ2v) is 6.73. The van der Waals surface area contributed by atoms with Crippen molar-refractivity contribution < 1.29 is 9.53 Å². The predicted molar refractivity (Wildman–Crippen MR) is 89.0 cm³/mol. The first-order valence-corrected chi connectivity index (χ1v) is 8.47. The molecule has 0 radical (unpaired) electrons. The molecule has 1 aromatic carbocycles. The van der Waals surface area contributed by atoms with E-state index in [-0.39, 0.29) is 18.1 Å². The van der Waals surface area contributed by atoms with Crippen LogP contribution in [0.5, 0.6) is 0 Å². The molecular weight excluding hydrogens is 288 g/mol. The maximum atomic E-state index is 11.8. The zero-order chi connectivity index (χ0) is 15.8. The fourth-order valence-corrected chi connectivity index (χ4v) is 4.22. The summed E-state index contributed by atoms with van der Waals surface area (Å²) >= 11 is 0. The summed E-state index contributed by atoms with van der Waals surface area (Å²) in [4.78, 5) is 18.7. The second kappa shape index (κ2) is 5.93. The van der Waals surface area contributed by atoms with E-state index in [1.807, 2.05) is 30.5 Å². The highest BCUT2D eigenvalue weighted by molar-refractivity contribution is 5.82. The molecule has 1 aromatic heterocycles. The molecule has 2 bridgehead atoms. The van der Waals surface area contributed by atoms with Crippen LogP contribution in [0.3, 0.4) is 0 Å². The van der Waals surface area contributed by atoms with Gasteiger partial charge < -0.3 is 4.74 Å². The number of hydrogen-bond acceptors (Lipinski definition) is 4.